The summed E-state index contributed by atoms with van der Waals surface area (Å²) in [6, 6.07) is 0. The van der Waals surface area contributed by atoms with Crippen molar-refractivity contribution in [1.29, 1.82) is 0 Å². The molecule has 0 radical (unpaired) electrons. The smallest absolute Gasteiger partial charge is 0.462 e. The molecule has 0 aromatic heterocycles. The first-order chi connectivity index (χ1) is 47.4. The van der Waals surface area contributed by atoms with Gasteiger partial charge in [-0.2, -0.15) is 0 Å². The Morgan fingerprint density at radius 1 is 0.276 bits per heavy atom. The van der Waals surface area contributed by atoms with Gasteiger partial charge >= 0.3 is 39.5 Å². The molecule has 0 rings (SSSR count). The van der Waals surface area contributed by atoms with Crippen LogP contribution in [0, 0.1) is 11.8 Å². The first-order valence-corrected chi connectivity index (χ1v) is 44.0. The van der Waals surface area contributed by atoms with Gasteiger partial charge in [-0.05, 0) is 37.5 Å². The lowest BCUT2D eigenvalue weighted by Gasteiger charge is -2.21. The molecule has 0 bridgehead atoms. The molecule has 582 valence electrons. The monoisotopic (exact) mass is 1440 g/mol. The highest BCUT2D eigenvalue weighted by Gasteiger charge is 2.30. The van der Waals surface area contributed by atoms with Crippen molar-refractivity contribution in [2.45, 2.75) is 432 Å². The molecule has 0 aliphatic rings. The van der Waals surface area contributed by atoms with E-state index in [2.05, 4.69) is 41.5 Å². The predicted molar refractivity (Wildman–Crippen MR) is 400 cm³/mol. The molecule has 0 amide bonds. The number of ether oxygens (including phenoxy) is 4. The van der Waals surface area contributed by atoms with E-state index in [1.54, 1.807) is 0 Å². The van der Waals surface area contributed by atoms with Crippen molar-refractivity contribution in [3.05, 3.63) is 0 Å². The van der Waals surface area contributed by atoms with Gasteiger partial charge in [-0.25, -0.2) is 9.13 Å². The molecule has 3 N–H and O–H groups in total. The van der Waals surface area contributed by atoms with Gasteiger partial charge in [0.15, 0.2) is 12.2 Å². The summed E-state index contributed by atoms with van der Waals surface area (Å²) in [6.45, 7) is 9.58. The molecule has 0 heterocycles. The van der Waals surface area contributed by atoms with Crippen molar-refractivity contribution in [2.75, 3.05) is 39.6 Å². The number of carbonyl (C=O) groups excluding carboxylic acids is 4. The van der Waals surface area contributed by atoms with Gasteiger partial charge in [0.1, 0.15) is 19.3 Å². The number of esters is 4. The molecule has 0 spiro atoms. The Balaban J connectivity index is 5.16. The molecule has 17 nitrogen and oxygen atoms in total. The zero-order valence-electron chi connectivity index (χ0n) is 64.1. The molecule has 19 heteroatoms. The van der Waals surface area contributed by atoms with Gasteiger partial charge in [0.2, 0.25) is 0 Å². The molecule has 0 fully saturated rings. The topological polar surface area (TPSA) is 237 Å². The van der Waals surface area contributed by atoms with E-state index in [0.717, 1.165) is 115 Å². The van der Waals surface area contributed by atoms with Gasteiger partial charge in [0, 0.05) is 25.7 Å². The summed E-state index contributed by atoms with van der Waals surface area (Å²) in [6.07, 6.45) is 59.9. The zero-order chi connectivity index (χ0) is 72.1. The Kier molecular flexibility index (Phi) is 69.3. The van der Waals surface area contributed by atoms with Gasteiger partial charge in [0.05, 0.1) is 26.4 Å². The molecule has 0 aliphatic heterocycles. The van der Waals surface area contributed by atoms with Gasteiger partial charge < -0.3 is 33.8 Å². The van der Waals surface area contributed by atoms with Crippen LogP contribution < -0.4 is 0 Å². The van der Waals surface area contributed by atoms with Crippen molar-refractivity contribution < 1.29 is 80.2 Å². The maximum atomic E-state index is 13.1. The van der Waals surface area contributed by atoms with Crippen LogP contribution in [0.2, 0.25) is 0 Å². The first kappa shape index (κ1) is 96.1. The highest BCUT2D eigenvalue weighted by molar-refractivity contribution is 7.47. The summed E-state index contributed by atoms with van der Waals surface area (Å²) in [5.74, 6) is -0.570. The van der Waals surface area contributed by atoms with Crippen LogP contribution in [0.25, 0.3) is 0 Å². The highest BCUT2D eigenvalue weighted by Crippen LogP contribution is 2.45. The maximum Gasteiger partial charge on any atom is 0.472 e. The fraction of sp³-hybridized carbons (Fsp3) is 0.949. The van der Waals surface area contributed by atoms with E-state index < -0.39 is 97.5 Å². The third-order valence-electron chi connectivity index (χ3n) is 18.5. The number of carbonyl (C=O) groups is 4. The fourth-order valence-corrected chi connectivity index (χ4v) is 13.8. The van der Waals surface area contributed by atoms with Crippen LogP contribution in [0.4, 0.5) is 0 Å². The van der Waals surface area contributed by atoms with Gasteiger partial charge in [-0.1, -0.05) is 363 Å². The molecular weight excluding hydrogens is 1280 g/mol. The van der Waals surface area contributed by atoms with Crippen LogP contribution in [0.5, 0.6) is 0 Å². The van der Waals surface area contributed by atoms with Crippen LogP contribution in [0.1, 0.15) is 414 Å². The maximum absolute atomic E-state index is 13.1. The summed E-state index contributed by atoms with van der Waals surface area (Å²) in [4.78, 5) is 72.8. The Labute approximate surface area is 600 Å². The standard InChI is InChI=1S/C79H154O17P2/c1-7-9-11-13-15-16-17-18-19-20-21-22-23-24-25-26-27-34-39-45-51-57-63-78(83)96-75(68-90-77(82)62-56-50-44-38-33-29-28-31-36-42-47-53-59-71(3)4)70-94-98(87,88)92-66-73(80)65-91-97(85,86)93-69-74(67-89-76(81)61-55-49-41-14-12-10-8-2)95-79(84)64-58-52-46-40-35-30-32-37-43-48-54-60-72(5)6/h71-75,80H,7-70H2,1-6H3,(H,85,86)(H,87,88)/t73-,74+,75+/m0/s1. The van der Waals surface area contributed by atoms with Gasteiger partial charge in [-0.3, -0.25) is 37.3 Å². The number of phosphoric ester groups is 2. The highest BCUT2D eigenvalue weighted by atomic mass is 31.2. The number of phosphoric acid groups is 2. The number of hydrogen-bond donors (Lipinski definition) is 3. The van der Waals surface area contributed by atoms with E-state index in [4.69, 9.17) is 37.0 Å². The minimum atomic E-state index is -4.96. The third-order valence-corrected chi connectivity index (χ3v) is 20.4. The minimum Gasteiger partial charge on any atom is -0.462 e. The van der Waals surface area contributed by atoms with Crippen LogP contribution in [-0.2, 0) is 65.4 Å². The van der Waals surface area contributed by atoms with Crippen LogP contribution >= 0.6 is 15.6 Å². The van der Waals surface area contributed by atoms with E-state index in [9.17, 15) is 43.2 Å². The first-order valence-electron chi connectivity index (χ1n) is 41.0. The Morgan fingerprint density at radius 2 is 0.469 bits per heavy atom. The van der Waals surface area contributed by atoms with Crippen molar-refractivity contribution in [3.8, 4) is 0 Å². The van der Waals surface area contributed by atoms with E-state index in [1.165, 1.54) is 218 Å². The fourth-order valence-electron chi connectivity index (χ4n) is 12.2. The van der Waals surface area contributed by atoms with E-state index in [0.29, 0.717) is 25.7 Å². The molecule has 0 saturated heterocycles. The summed E-state index contributed by atoms with van der Waals surface area (Å²) in [5, 5.41) is 10.6. The second-order valence-electron chi connectivity index (χ2n) is 29.4. The predicted octanol–water partition coefficient (Wildman–Crippen LogP) is 23.5. The number of rotatable bonds is 78. The summed E-state index contributed by atoms with van der Waals surface area (Å²) in [7, 11) is -9.91. The molecule has 2 unspecified atom stereocenters. The van der Waals surface area contributed by atoms with Gasteiger partial charge in [0.25, 0.3) is 0 Å². The van der Waals surface area contributed by atoms with Crippen LogP contribution in [-0.4, -0.2) is 96.7 Å². The largest absolute Gasteiger partial charge is 0.472 e. The third kappa shape index (κ3) is 72.4. The quantitative estimate of drug-likeness (QED) is 0.0222. The Hall–Kier alpha value is -1.94. The average Bonchev–Trinajstić information content (AvgIpc) is 1.02. The number of aliphatic hydroxyl groups excluding tert-OH is 1. The molecule has 0 aromatic rings. The molecule has 0 aliphatic carbocycles. The van der Waals surface area contributed by atoms with Crippen molar-refractivity contribution in [3.63, 3.8) is 0 Å². The summed E-state index contributed by atoms with van der Waals surface area (Å²) < 4.78 is 68.5. The Morgan fingerprint density at radius 3 is 0.694 bits per heavy atom. The van der Waals surface area contributed by atoms with Gasteiger partial charge in [-0.15, -0.1) is 0 Å². The SMILES string of the molecule is CCCCCCCCCCCCCCCCCCCCCCCCC(=O)O[C@H](COC(=O)CCCCCCCCCCCCCCC(C)C)COP(=O)(O)OC[C@@H](O)COP(=O)(O)OC[C@@H](COC(=O)CCCCCCCCC)OC(=O)CCCCCCCCCCCCCC(C)C. The van der Waals surface area contributed by atoms with E-state index in [1.807, 2.05) is 0 Å². The zero-order valence-corrected chi connectivity index (χ0v) is 65.9. The van der Waals surface area contributed by atoms with E-state index >= 15 is 0 Å². The molecule has 5 atom stereocenters. The number of unbranched alkanes of at least 4 members (excludes halogenated alkanes) is 48. The second-order valence-corrected chi connectivity index (χ2v) is 32.3. The molecule has 0 aromatic carbocycles. The van der Waals surface area contributed by atoms with E-state index in [-0.39, 0.29) is 25.7 Å². The second kappa shape index (κ2) is 70.7. The normalized spacial score (nSPS) is 13.9. The number of hydrogen-bond acceptors (Lipinski definition) is 15. The van der Waals surface area contributed by atoms with Crippen LogP contribution in [0.3, 0.4) is 0 Å². The lowest BCUT2D eigenvalue weighted by molar-refractivity contribution is -0.161. The number of aliphatic hydroxyl groups is 1. The van der Waals surface area contributed by atoms with Crippen molar-refractivity contribution in [2.24, 2.45) is 11.8 Å². The van der Waals surface area contributed by atoms with Crippen LogP contribution in [0.15, 0.2) is 0 Å². The summed E-state index contributed by atoms with van der Waals surface area (Å²) >= 11 is 0. The van der Waals surface area contributed by atoms with Crippen molar-refractivity contribution >= 4 is 39.5 Å². The summed E-state index contributed by atoms with van der Waals surface area (Å²) in [5.41, 5.74) is 0. The van der Waals surface area contributed by atoms with Crippen molar-refractivity contribution in [1.82, 2.24) is 0 Å². The lowest BCUT2D eigenvalue weighted by Crippen LogP contribution is -2.30. The molecule has 98 heavy (non-hydrogen) atoms. The molecular formula is C79H154O17P2. The lowest BCUT2D eigenvalue weighted by atomic mass is 10.0. The average molecular weight is 1440 g/mol. The Bertz CT molecular complexity index is 1890. The minimum absolute atomic E-state index is 0.106. The molecule has 0 saturated carbocycles.